The van der Waals surface area contributed by atoms with Crippen LogP contribution in [0, 0.1) is 0 Å². The average molecular weight is 373 g/mol. The van der Waals surface area contributed by atoms with Crippen molar-refractivity contribution in [2.45, 2.75) is 11.5 Å². The van der Waals surface area contributed by atoms with E-state index in [0.29, 0.717) is 24.8 Å². The van der Waals surface area contributed by atoms with E-state index in [-0.39, 0.29) is 6.61 Å². The van der Waals surface area contributed by atoms with Gasteiger partial charge in [0, 0.05) is 46.8 Å². The van der Waals surface area contributed by atoms with Gasteiger partial charge in [0.25, 0.3) is 0 Å². The molecule has 1 aromatic rings. The molecule has 0 fully saturated rings. The Hall–Kier alpha value is 0.0600. The first-order valence-corrected chi connectivity index (χ1v) is 10.5. The molecule has 0 aliphatic heterocycles. The lowest BCUT2D eigenvalue weighted by Crippen LogP contribution is -2.29. The second kappa shape index (κ2) is 9.26. The summed E-state index contributed by atoms with van der Waals surface area (Å²) in [6.07, 6.45) is 1.61. The zero-order chi connectivity index (χ0) is 15.9. The minimum absolute atomic E-state index is 0.103. The fourth-order valence-electron chi connectivity index (χ4n) is 1.61. The number of nitrogens with two attached hydrogens (primary N) is 1. The Morgan fingerprint density at radius 1 is 1.24 bits per heavy atom. The number of nitrogens with zero attached hydrogens (tertiary/aromatic N) is 1. The number of alkyl halides is 2. The molecule has 0 saturated heterocycles. The quantitative estimate of drug-likeness (QED) is 0.532. The molecule has 0 heterocycles. The topological polar surface area (TPSA) is 72.6 Å². The van der Waals surface area contributed by atoms with E-state index in [4.69, 9.17) is 33.2 Å². The van der Waals surface area contributed by atoms with Gasteiger partial charge in [-0.05, 0) is 17.7 Å². The van der Waals surface area contributed by atoms with Crippen LogP contribution in [0.5, 0.6) is 0 Å². The van der Waals surface area contributed by atoms with Crippen molar-refractivity contribution in [3.8, 4) is 0 Å². The smallest absolute Gasteiger partial charge is 0.301 e. The summed E-state index contributed by atoms with van der Waals surface area (Å²) in [6, 6.07) is 7.02. The van der Waals surface area contributed by atoms with Crippen LogP contribution in [0.15, 0.2) is 29.2 Å². The second-order valence-corrected chi connectivity index (χ2v) is 8.35. The highest BCUT2D eigenvalue weighted by molar-refractivity contribution is 7.84. The molecule has 0 bridgehead atoms. The Balaban J connectivity index is 2.66. The Labute approximate surface area is 137 Å². The highest BCUT2D eigenvalue weighted by atomic mass is 35.5. The van der Waals surface area contributed by atoms with E-state index in [0.717, 1.165) is 10.5 Å². The van der Waals surface area contributed by atoms with Crippen LogP contribution >= 0.6 is 30.9 Å². The van der Waals surface area contributed by atoms with Crippen LogP contribution in [0.2, 0.25) is 0 Å². The molecule has 0 aromatic heterocycles. The maximum atomic E-state index is 12.4. The molecule has 2 atom stereocenters. The van der Waals surface area contributed by atoms with Crippen molar-refractivity contribution in [2.75, 3.05) is 31.1 Å². The van der Waals surface area contributed by atoms with E-state index in [1.165, 1.54) is 4.67 Å². The molecule has 21 heavy (non-hydrogen) atoms. The minimum Gasteiger partial charge on any atom is -0.301 e. The van der Waals surface area contributed by atoms with Gasteiger partial charge in [-0.1, -0.05) is 12.1 Å². The molecular formula is C12H19Cl2N2O3PS. The Morgan fingerprint density at radius 3 is 2.19 bits per heavy atom. The van der Waals surface area contributed by atoms with Gasteiger partial charge in [0.2, 0.25) is 0 Å². The van der Waals surface area contributed by atoms with Crippen molar-refractivity contribution in [3.05, 3.63) is 29.8 Å². The molecule has 0 spiro atoms. The number of rotatable bonds is 9. The lowest BCUT2D eigenvalue weighted by atomic mass is 10.2. The molecule has 120 valence electrons. The summed E-state index contributed by atoms with van der Waals surface area (Å²) in [5.74, 6) is 0.580. The molecule has 1 rings (SSSR count). The van der Waals surface area contributed by atoms with E-state index < -0.39 is 18.5 Å². The second-order valence-electron chi connectivity index (χ2n) is 4.27. The molecule has 0 saturated carbocycles. The summed E-state index contributed by atoms with van der Waals surface area (Å²) >= 11 is 11.3. The van der Waals surface area contributed by atoms with Gasteiger partial charge in [-0.3, -0.25) is 8.77 Å². The van der Waals surface area contributed by atoms with Crippen molar-refractivity contribution in [2.24, 2.45) is 5.50 Å². The molecule has 9 heteroatoms. The molecule has 0 radical (unpaired) electrons. The SMILES string of the molecule is CS(=O)c1ccc(COP(N)(=O)N(CCCl)CCCl)cc1. The Kier molecular flexibility index (Phi) is 8.42. The highest BCUT2D eigenvalue weighted by Gasteiger charge is 2.26. The van der Waals surface area contributed by atoms with Crippen LogP contribution < -0.4 is 5.50 Å². The van der Waals surface area contributed by atoms with Crippen LogP contribution in [-0.4, -0.2) is 40.0 Å². The first-order chi connectivity index (χ1) is 9.90. The van der Waals surface area contributed by atoms with Crippen molar-refractivity contribution in [1.82, 2.24) is 4.67 Å². The third kappa shape index (κ3) is 6.37. The van der Waals surface area contributed by atoms with Gasteiger partial charge in [-0.15, -0.1) is 23.2 Å². The van der Waals surface area contributed by atoms with Crippen LogP contribution in [-0.2, 0) is 26.5 Å². The van der Waals surface area contributed by atoms with Gasteiger partial charge in [-0.2, -0.15) is 0 Å². The van der Waals surface area contributed by atoms with Gasteiger partial charge in [-0.25, -0.2) is 10.2 Å². The first kappa shape index (κ1) is 19.1. The number of benzene rings is 1. The molecule has 0 aliphatic rings. The van der Waals surface area contributed by atoms with Gasteiger partial charge in [0.1, 0.15) is 0 Å². The molecule has 0 aliphatic carbocycles. The standard InChI is InChI=1S/C12H19Cl2N2O3PS/c1-21(18)12-4-2-11(3-5-12)10-19-20(15,17)16(8-6-13)9-7-14/h2-5H,6-10H2,1H3,(H2,15,17). The van der Waals surface area contributed by atoms with Crippen LogP contribution in [0.3, 0.4) is 0 Å². The van der Waals surface area contributed by atoms with E-state index in [9.17, 15) is 8.77 Å². The molecule has 2 N–H and O–H groups in total. The fraction of sp³-hybridized carbons (Fsp3) is 0.500. The molecule has 1 aromatic carbocycles. The Bertz CT molecular complexity index is 510. The van der Waals surface area contributed by atoms with E-state index >= 15 is 0 Å². The molecule has 2 unspecified atom stereocenters. The fourth-order valence-corrected chi connectivity index (χ4v) is 4.03. The zero-order valence-electron chi connectivity index (χ0n) is 11.7. The van der Waals surface area contributed by atoms with Gasteiger partial charge in [0.15, 0.2) is 0 Å². The third-order valence-corrected chi connectivity index (χ3v) is 5.71. The van der Waals surface area contributed by atoms with Crippen LogP contribution in [0.25, 0.3) is 0 Å². The number of halogens is 2. The van der Waals surface area contributed by atoms with Crippen molar-refractivity contribution in [1.29, 1.82) is 0 Å². The first-order valence-electron chi connectivity index (χ1n) is 6.23. The predicted molar refractivity (Wildman–Crippen MR) is 88.4 cm³/mol. The van der Waals surface area contributed by atoms with E-state index in [2.05, 4.69) is 0 Å². The van der Waals surface area contributed by atoms with Gasteiger partial charge < -0.3 is 4.52 Å². The van der Waals surface area contributed by atoms with Crippen LogP contribution in [0.4, 0.5) is 0 Å². The molecule has 5 nitrogen and oxygen atoms in total. The minimum atomic E-state index is -3.43. The summed E-state index contributed by atoms with van der Waals surface area (Å²) < 4.78 is 30.5. The van der Waals surface area contributed by atoms with Crippen molar-refractivity contribution < 1.29 is 13.3 Å². The number of hydrogen-bond acceptors (Lipinski definition) is 3. The predicted octanol–water partition coefficient (Wildman–Crippen LogP) is 2.79. The maximum Gasteiger partial charge on any atom is 0.341 e. The third-order valence-electron chi connectivity index (χ3n) is 2.75. The summed E-state index contributed by atoms with van der Waals surface area (Å²) in [5.41, 5.74) is 6.55. The highest BCUT2D eigenvalue weighted by Crippen LogP contribution is 2.43. The lowest BCUT2D eigenvalue weighted by molar-refractivity contribution is 0.257. The van der Waals surface area contributed by atoms with Crippen molar-refractivity contribution in [3.63, 3.8) is 0 Å². The summed E-state index contributed by atoms with van der Waals surface area (Å²) in [5, 5.41) is 0. The monoisotopic (exact) mass is 372 g/mol. The van der Waals surface area contributed by atoms with Gasteiger partial charge in [0.05, 0.1) is 6.61 Å². The van der Waals surface area contributed by atoms with E-state index in [1.807, 2.05) is 0 Å². The largest absolute Gasteiger partial charge is 0.341 e. The normalized spacial score (nSPS) is 15.9. The average Bonchev–Trinajstić information content (AvgIpc) is 2.45. The summed E-state index contributed by atoms with van der Waals surface area (Å²) in [7, 11) is -4.46. The summed E-state index contributed by atoms with van der Waals surface area (Å²) in [4.78, 5) is 0.723. The van der Waals surface area contributed by atoms with Gasteiger partial charge >= 0.3 is 7.67 Å². The van der Waals surface area contributed by atoms with Crippen molar-refractivity contribution >= 4 is 41.7 Å². The maximum absolute atomic E-state index is 12.4. The van der Waals surface area contributed by atoms with E-state index in [1.54, 1.807) is 30.5 Å². The molecule has 0 amide bonds. The lowest BCUT2D eigenvalue weighted by Gasteiger charge is -2.26. The Morgan fingerprint density at radius 2 is 1.76 bits per heavy atom. The molecular weight excluding hydrogens is 354 g/mol. The number of hydrogen-bond donors (Lipinski definition) is 1. The summed E-state index contributed by atoms with van der Waals surface area (Å²) in [6.45, 7) is 0.789. The van der Waals surface area contributed by atoms with Crippen LogP contribution in [0.1, 0.15) is 5.56 Å². The zero-order valence-corrected chi connectivity index (χ0v) is 14.9.